The number of rotatable bonds is 6. The van der Waals surface area contributed by atoms with E-state index in [4.69, 9.17) is 0 Å². The average Bonchev–Trinajstić information content (AvgIpc) is 3.63. The molecule has 0 amide bonds. The van der Waals surface area contributed by atoms with Gasteiger partial charge in [-0.3, -0.25) is 5.10 Å². The predicted octanol–water partition coefficient (Wildman–Crippen LogP) is 6.04. The summed E-state index contributed by atoms with van der Waals surface area (Å²) in [5.74, 6) is 2.17. The van der Waals surface area contributed by atoms with Crippen LogP contribution in [0.4, 0.5) is 0 Å². The molecule has 0 spiro atoms. The van der Waals surface area contributed by atoms with Crippen molar-refractivity contribution in [1.29, 1.82) is 0 Å². The summed E-state index contributed by atoms with van der Waals surface area (Å²) in [5.41, 5.74) is 5.29. The molecule has 0 saturated heterocycles. The largest absolute Gasteiger partial charge is 0.342 e. The summed E-state index contributed by atoms with van der Waals surface area (Å²) in [7, 11) is 1.93. The SMILES string of the molecule is CNCSc1ncc(-c2ccc3c4ccc(-c5cnc(C(C)C)[nH]5)cc4c4cn[nH]c4c3c2)[nH]1. The minimum atomic E-state index is 0.362. The van der Waals surface area contributed by atoms with Gasteiger partial charge in [0.05, 0.1) is 35.5 Å². The standard InChI is InChI=1S/C26H25N7S/c1-14(2)25-28-11-22(31-25)15-4-6-17-18-7-5-16(23-12-29-26(32-23)34-13-27-3)9-20(18)24-21(10-30-33-24)19(17)8-15/h4-12,14,27H,13H2,1-3H3,(H,28,31)(H,29,32)(H,30,33). The van der Waals surface area contributed by atoms with Gasteiger partial charge in [-0.2, -0.15) is 5.10 Å². The van der Waals surface area contributed by atoms with Crippen LogP contribution in [0.3, 0.4) is 0 Å². The first-order valence-corrected chi connectivity index (χ1v) is 12.3. The van der Waals surface area contributed by atoms with Crippen LogP contribution in [-0.2, 0) is 0 Å². The van der Waals surface area contributed by atoms with Crippen molar-refractivity contribution in [3.05, 3.63) is 60.8 Å². The Morgan fingerprint density at radius 3 is 2.26 bits per heavy atom. The normalized spacial score (nSPS) is 12.0. The van der Waals surface area contributed by atoms with Crippen LogP contribution in [0.5, 0.6) is 0 Å². The minimum absolute atomic E-state index is 0.362. The Morgan fingerprint density at radius 2 is 1.53 bits per heavy atom. The van der Waals surface area contributed by atoms with E-state index in [0.717, 1.165) is 55.7 Å². The van der Waals surface area contributed by atoms with Crippen LogP contribution in [0.25, 0.3) is 55.0 Å². The van der Waals surface area contributed by atoms with Gasteiger partial charge in [-0.1, -0.05) is 49.9 Å². The molecule has 0 unspecified atom stereocenters. The van der Waals surface area contributed by atoms with E-state index in [1.54, 1.807) is 11.8 Å². The van der Waals surface area contributed by atoms with E-state index in [2.05, 4.69) is 85.7 Å². The molecule has 0 fully saturated rings. The molecule has 7 nitrogen and oxygen atoms in total. The Bertz CT molecular complexity index is 1640. The Morgan fingerprint density at radius 1 is 0.824 bits per heavy atom. The van der Waals surface area contributed by atoms with Crippen LogP contribution in [0.15, 0.2) is 60.1 Å². The van der Waals surface area contributed by atoms with Gasteiger partial charge in [-0.25, -0.2) is 9.97 Å². The van der Waals surface area contributed by atoms with Gasteiger partial charge in [0.15, 0.2) is 5.16 Å². The lowest BCUT2D eigenvalue weighted by atomic mass is 9.94. The van der Waals surface area contributed by atoms with Crippen LogP contribution in [-0.4, -0.2) is 43.1 Å². The van der Waals surface area contributed by atoms with E-state index >= 15 is 0 Å². The van der Waals surface area contributed by atoms with Crippen molar-refractivity contribution in [3.63, 3.8) is 0 Å². The zero-order chi connectivity index (χ0) is 23.2. The number of hydrogen-bond acceptors (Lipinski definition) is 5. The zero-order valence-corrected chi connectivity index (χ0v) is 20.0. The maximum absolute atomic E-state index is 4.54. The molecule has 6 rings (SSSR count). The van der Waals surface area contributed by atoms with Crippen LogP contribution in [0.2, 0.25) is 0 Å². The number of nitrogens with one attached hydrogen (secondary N) is 4. The summed E-state index contributed by atoms with van der Waals surface area (Å²) in [5, 5.41) is 17.5. The number of aromatic nitrogens is 6. The van der Waals surface area contributed by atoms with E-state index in [1.807, 2.05) is 25.6 Å². The number of benzene rings is 3. The fraction of sp³-hybridized carbons (Fsp3) is 0.192. The van der Waals surface area contributed by atoms with Gasteiger partial charge in [0.1, 0.15) is 5.82 Å². The van der Waals surface area contributed by atoms with Gasteiger partial charge >= 0.3 is 0 Å². The molecule has 34 heavy (non-hydrogen) atoms. The van der Waals surface area contributed by atoms with Crippen molar-refractivity contribution in [3.8, 4) is 22.5 Å². The molecule has 3 heterocycles. The van der Waals surface area contributed by atoms with Gasteiger partial charge in [0, 0.05) is 33.7 Å². The zero-order valence-electron chi connectivity index (χ0n) is 19.2. The Labute approximate surface area is 200 Å². The second-order valence-electron chi connectivity index (χ2n) is 8.76. The summed E-state index contributed by atoms with van der Waals surface area (Å²) >= 11 is 1.65. The predicted molar refractivity (Wildman–Crippen MR) is 140 cm³/mol. The fourth-order valence-corrected chi connectivity index (χ4v) is 5.05. The summed E-state index contributed by atoms with van der Waals surface area (Å²) < 4.78 is 0. The van der Waals surface area contributed by atoms with Crippen molar-refractivity contribution in [2.75, 3.05) is 12.9 Å². The third-order valence-electron chi connectivity index (χ3n) is 6.20. The Balaban J connectivity index is 1.50. The van der Waals surface area contributed by atoms with Gasteiger partial charge in [0.2, 0.25) is 0 Å². The Hall–Kier alpha value is -3.62. The van der Waals surface area contributed by atoms with Crippen molar-refractivity contribution >= 4 is 44.2 Å². The molecule has 0 aliphatic rings. The fourth-order valence-electron chi connectivity index (χ4n) is 4.46. The molecule has 0 aliphatic heterocycles. The van der Waals surface area contributed by atoms with Crippen LogP contribution in [0, 0.1) is 0 Å². The van der Waals surface area contributed by atoms with Crippen molar-refractivity contribution in [1.82, 2.24) is 35.5 Å². The quantitative estimate of drug-likeness (QED) is 0.136. The van der Waals surface area contributed by atoms with Crippen LogP contribution < -0.4 is 5.32 Å². The van der Waals surface area contributed by atoms with E-state index in [1.165, 1.54) is 16.2 Å². The second kappa shape index (κ2) is 8.30. The molecule has 3 aromatic carbocycles. The van der Waals surface area contributed by atoms with Crippen molar-refractivity contribution in [2.24, 2.45) is 0 Å². The summed E-state index contributed by atoms with van der Waals surface area (Å²) in [6.45, 7) is 4.29. The van der Waals surface area contributed by atoms with Crippen LogP contribution in [0.1, 0.15) is 25.6 Å². The molecular weight excluding hydrogens is 442 g/mol. The van der Waals surface area contributed by atoms with Gasteiger partial charge in [-0.05, 0) is 35.3 Å². The summed E-state index contributed by atoms with van der Waals surface area (Å²) in [6, 6.07) is 13.2. The second-order valence-corrected chi connectivity index (χ2v) is 9.72. The molecule has 4 N–H and O–H groups in total. The first-order chi connectivity index (χ1) is 16.6. The highest BCUT2D eigenvalue weighted by Crippen LogP contribution is 2.37. The molecule has 8 heteroatoms. The number of hydrogen-bond donors (Lipinski definition) is 4. The van der Waals surface area contributed by atoms with Gasteiger partial charge in [0.25, 0.3) is 0 Å². The monoisotopic (exact) mass is 467 g/mol. The van der Waals surface area contributed by atoms with Crippen LogP contribution >= 0.6 is 11.8 Å². The van der Waals surface area contributed by atoms with Crippen molar-refractivity contribution < 1.29 is 0 Å². The number of imidazole rings is 2. The van der Waals surface area contributed by atoms with E-state index < -0.39 is 0 Å². The number of nitrogens with zero attached hydrogens (tertiary/aromatic N) is 3. The molecule has 170 valence electrons. The lowest BCUT2D eigenvalue weighted by Crippen LogP contribution is -2.03. The molecule has 0 aliphatic carbocycles. The lowest BCUT2D eigenvalue weighted by Gasteiger charge is -2.10. The van der Waals surface area contributed by atoms with Crippen molar-refractivity contribution in [2.45, 2.75) is 24.9 Å². The third-order valence-corrected chi connectivity index (χ3v) is 7.11. The first kappa shape index (κ1) is 20.9. The highest BCUT2D eigenvalue weighted by atomic mass is 32.2. The number of aromatic amines is 3. The summed E-state index contributed by atoms with van der Waals surface area (Å²) in [6.07, 6.45) is 5.74. The molecule has 0 radical (unpaired) electrons. The molecule has 3 aromatic heterocycles. The minimum Gasteiger partial charge on any atom is -0.342 e. The van der Waals surface area contributed by atoms with Gasteiger partial charge < -0.3 is 15.3 Å². The number of thioether (sulfide) groups is 1. The molecule has 0 bridgehead atoms. The first-order valence-electron chi connectivity index (χ1n) is 11.3. The molecule has 0 saturated carbocycles. The third kappa shape index (κ3) is 3.46. The van der Waals surface area contributed by atoms with E-state index in [9.17, 15) is 0 Å². The molecular formula is C26H25N7S. The molecule has 6 aromatic rings. The maximum atomic E-state index is 4.54. The average molecular weight is 468 g/mol. The number of H-pyrrole nitrogens is 3. The highest BCUT2D eigenvalue weighted by molar-refractivity contribution is 7.99. The maximum Gasteiger partial charge on any atom is 0.167 e. The highest BCUT2D eigenvalue weighted by Gasteiger charge is 2.14. The number of fused-ring (bicyclic) bond motifs is 6. The lowest BCUT2D eigenvalue weighted by molar-refractivity contribution is 0.795. The van der Waals surface area contributed by atoms with E-state index in [-0.39, 0.29) is 0 Å². The Kier molecular flexibility index (Phi) is 5.12. The molecule has 0 atom stereocenters. The van der Waals surface area contributed by atoms with Gasteiger partial charge in [-0.15, -0.1) is 0 Å². The van der Waals surface area contributed by atoms with E-state index in [0.29, 0.717) is 5.92 Å². The topological polar surface area (TPSA) is 98.1 Å². The smallest absolute Gasteiger partial charge is 0.167 e. The summed E-state index contributed by atoms with van der Waals surface area (Å²) in [4.78, 5) is 15.9.